The third kappa shape index (κ3) is 6.01. The van der Waals surface area contributed by atoms with Crippen molar-refractivity contribution in [1.29, 1.82) is 0 Å². The number of nitrogens with zero attached hydrogens (tertiary/aromatic N) is 3. The SMILES string of the molecule is CCn1c(CCCOc2ccc(Cl)cc2Cl)nnc1SCc1ccc(F)cc1Cl. The fraction of sp³-hybridized carbons (Fsp3) is 0.300. The van der Waals surface area contributed by atoms with Crippen LogP contribution in [0.2, 0.25) is 15.1 Å². The van der Waals surface area contributed by atoms with Crippen LogP contribution in [0.25, 0.3) is 0 Å². The van der Waals surface area contributed by atoms with Gasteiger partial charge in [0.1, 0.15) is 17.4 Å². The number of benzene rings is 2. The van der Waals surface area contributed by atoms with Gasteiger partial charge in [0.05, 0.1) is 11.6 Å². The van der Waals surface area contributed by atoms with Crippen LogP contribution in [0.15, 0.2) is 41.6 Å². The van der Waals surface area contributed by atoms with Crippen LogP contribution in [0.1, 0.15) is 24.7 Å². The van der Waals surface area contributed by atoms with Crippen LogP contribution in [0.3, 0.4) is 0 Å². The van der Waals surface area contributed by atoms with E-state index in [0.717, 1.165) is 35.9 Å². The zero-order valence-corrected chi connectivity index (χ0v) is 18.8. The Balaban J connectivity index is 1.54. The standard InChI is InChI=1S/C20H19Cl3FN3OS/c1-2-27-19(4-3-9-28-18-8-6-14(21)10-17(18)23)25-26-20(27)29-12-13-5-7-15(24)11-16(13)22/h5-8,10-11H,2-4,9,12H2,1H3. The molecule has 0 saturated heterocycles. The van der Waals surface area contributed by atoms with Crippen molar-refractivity contribution in [3.05, 3.63) is 68.7 Å². The summed E-state index contributed by atoms with van der Waals surface area (Å²) >= 11 is 19.6. The summed E-state index contributed by atoms with van der Waals surface area (Å²) in [4.78, 5) is 0. The van der Waals surface area contributed by atoms with Crippen molar-refractivity contribution in [2.45, 2.75) is 37.2 Å². The van der Waals surface area contributed by atoms with E-state index >= 15 is 0 Å². The molecule has 9 heteroatoms. The molecule has 0 aliphatic carbocycles. The molecule has 0 aliphatic heterocycles. The molecule has 3 aromatic rings. The zero-order valence-electron chi connectivity index (χ0n) is 15.7. The van der Waals surface area contributed by atoms with Gasteiger partial charge in [-0.2, -0.15) is 0 Å². The summed E-state index contributed by atoms with van der Waals surface area (Å²) in [6.45, 7) is 3.31. The first-order valence-electron chi connectivity index (χ1n) is 9.04. The van der Waals surface area contributed by atoms with Gasteiger partial charge >= 0.3 is 0 Å². The summed E-state index contributed by atoms with van der Waals surface area (Å²) < 4.78 is 21.0. The molecule has 0 amide bonds. The second-order valence-electron chi connectivity index (χ2n) is 6.19. The van der Waals surface area contributed by atoms with Crippen LogP contribution < -0.4 is 4.74 Å². The highest BCUT2D eigenvalue weighted by molar-refractivity contribution is 7.98. The van der Waals surface area contributed by atoms with Crippen molar-refractivity contribution in [3.63, 3.8) is 0 Å². The summed E-state index contributed by atoms with van der Waals surface area (Å²) in [6, 6.07) is 9.58. The molecular weight excluding hydrogens is 456 g/mol. The van der Waals surface area contributed by atoms with Gasteiger partial charge in [0.15, 0.2) is 5.16 Å². The Hall–Kier alpha value is -1.47. The maximum Gasteiger partial charge on any atom is 0.191 e. The highest BCUT2D eigenvalue weighted by atomic mass is 35.5. The van der Waals surface area contributed by atoms with E-state index in [2.05, 4.69) is 14.8 Å². The maximum absolute atomic E-state index is 13.2. The highest BCUT2D eigenvalue weighted by Crippen LogP contribution is 2.28. The summed E-state index contributed by atoms with van der Waals surface area (Å²) in [7, 11) is 0. The van der Waals surface area contributed by atoms with Crippen LogP contribution in [-0.2, 0) is 18.7 Å². The van der Waals surface area contributed by atoms with Crippen molar-refractivity contribution < 1.29 is 9.13 Å². The van der Waals surface area contributed by atoms with Gasteiger partial charge in [0.25, 0.3) is 0 Å². The van der Waals surface area contributed by atoms with Crippen LogP contribution in [0.4, 0.5) is 4.39 Å². The van der Waals surface area contributed by atoms with Crippen molar-refractivity contribution in [2.24, 2.45) is 0 Å². The lowest BCUT2D eigenvalue weighted by molar-refractivity contribution is 0.309. The smallest absolute Gasteiger partial charge is 0.191 e. The monoisotopic (exact) mass is 473 g/mol. The van der Waals surface area contributed by atoms with E-state index in [1.807, 2.05) is 6.92 Å². The van der Waals surface area contributed by atoms with Crippen LogP contribution >= 0.6 is 46.6 Å². The van der Waals surface area contributed by atoms with Gasteiger partial charge in [-0.1, -0.05) is 52.6 Å². The quantitative estimate of drug-likeness (QED) is 0.255. The first-order chi connectivity index (χ1) is 14.0. The Labute approximate surface area is 188 Å². The van der Waals surface area contributed by atoms with Crippen LogP contribution in [0.5, 0.6) is 5.75 Å². The number of ether oxygens (including phenoxy) is 1. The Morgan fingerprint density at radius 1 is 1.07 bits per heavy atom. The number of aromatic nitrogens is 3. The molecule has 29 heavy (non-hydrogen) atoms. The molecule has 0 saturated carbocycles. The molecule has 1 heterocycles. The lowest BCUT2D eigenvalue weighted by Crippen LogP contribution is -2.06. The van der Waals surface area contributed by atoms with Gasteiger partial charge in [-0.25, -0.2) is 4.39 Å². The molecule has 3 rings (SSSR count). The summed E-state index contributed by atoms with van der Waals surface area (Å²) in [5, 5.41) is 10.9. The first-order valence-corrected chi connectivity index (χ1v) is 11.2. The summed E-state index contributed by atoms with van der Waals surface area (Å²) in [6.07, 6.45) is 1.50. The molecule has 154 valence electrons. The van der Waals surface area contributed by atoms with Crippen molar-refractivity contribution in [3.8, 4) is 5.75 Å². The third-order valence-corrected chi connectivity index (χ3v) is 6.08. The summed E-state index contributed by atoms with van der Waals surface area (Å²) in [5.74, 6) is 1.76. The number of thioether (sulfide) groups is 1. The van der Waals surface area contributed by atoms with Crippen LogP contribution in [0, 0.1) is 5.82 Å². The second-order valence-corrected chi connectivity index (χ2v) is 8.39. The minimum absolute atomic E-state index is 0.343. The Kier molecular flexibility index (Phi) is 8.07. The summed E-state index contributed by atoms with van der Waals surface area (Å²) in [5.41, 5.74) is 0.860. The normalized spacial score (nSPS) is 11.1. The number of halogens is 4. The molecule has 0 N–H and O–H groups in total. The molecule has 0 unspecified atom stereocenters. The predicted octanol–water partition coefficient (Wildman–Crippen LogP) is 6.70. The first kappa shape index (κ1) is 22.2. The van der Waals surface area contributed by atoms with E-state index in [1.165, 1.54) is 23.9 Å². The minimum Gasteiger partial charge on any atom is -0.492 e. The van der Waals surface area contributed by atoms with Gasteiger partial charge in [-0.15, -0.1) is 10.2 Å². The molecule has 1 aromatic heterocycles. The van der Waals surface area contributed by atoms with E-state index in [-0.39, 0.29) is 5.82 Å². The number of rotatable bonds is 9. The maximum atomic E-state index is 13.2. The topological polar surface area (TPSA) is 39.9 Å². The van der Waals surface area contributed by atoms with Gasteiger partial charge in [0.2, 0.25) is 0 Å². The third-order valence-electron chi connectivity index (χ3n) is 4.18. The number of hydrogen-bond acceptors (Lipinski definition) is 4. The fourth-order valence-electron chi connectivity index (χ4n) is 2.71. The van der Waals surface area contributed by atoms with Gasteiger partial charge in [-0.05, 0) is 49.2 Å². The molecule has 0 fully saturated rings. The van der Waals surface area contributed by atoms with E-state index < -0.39 is 0 Å². The molecule has 4 nitrogen and oxygen atoms in total. The molecule has 0 spiro atoms. The minimum atomic E-state index is -0.343. The zero-order chi connectivity index (χ0) is 20.8. The Morgan fingerprint density at radius 2 is 1.90 bits per heavy atom. The van der Waals surface area contributed by atoms with Crippen LogP contribution in [-0.4, -0.2) is 21.4 Å². The van der Waals surface area contributed by atoms with Gasteiger partial charge < -0.3 is 9.30 Å². The van der Waals surface area contributed by atoms with E-state index in [4.69, 9.17) is 39.5 Å². The predicted molar refractivity (Wildman–Crippen MR) is 117 cm³/mol. The molecule has 0 aliphatic rings. The average Bonchev–Trinajstić information content (AvgIpc) is 3.07. The Morgan fingerprint density at radius 3 is 2.62 bits per heavy atom. The molecule has 0 atom stereocenters. The van der Waals surface area contributed by atoms with Crippen molar-refractivity contribution in [1.82, 2.24) is 14.8 Å². The fourth-order valence-corrected chi connectivity index (χ4v) is 4.52. The van der Waals surface area contributed by atoms with Crippen molar-refractivity contribution >= 4 is 46.6 Å². The molecule has 0 radical (unpaired) electrons. The second kappa shape index (κ2) is 10.5. The van der Waals surface area contributed by atoms with Gasteiger partial charge in [0, 0.05) is 28.8 Å². The van der Waals surface area contributed by atoms with E-state index in [0.29, 0.717) is 33.2 Å². The lowest BCUT2D eigenvalue weighted by atomic mass is 10.2. The average molecular weight is 475 g/mol. The van der Waals surface area contributed by atoms with E-state index in [1.54, 1.807) is 24.3 Å². The molecule has 2 aromatic carbocycles. The van der Waals surface area contributed by atoms with E-state index in [9.17, 15) is 4.39 Å². The van der Waals surface area contributed by atoms with Crippen molar-refractivity contribution in [2.75, 3.05) is 6.61 Å². The number of hydrogen-bond donors (Lipinski definition) is 0. The largest absolute Gasteiger partial charge is 0.492 e. The highest BCUT2D eigenvalue weighted by Gasteiger charge is 2.13. The molecule has 0 bridgehead atoms. The Bertz CT molecular complexity index is 984. The molecular formula is C20H19Cl3FN3OS. The number of aryl methyl sites for hydroxylation is 1. The van der Waals surface area contributed by atoms with Gasteiger partial charge in [-0.3, -0.25) is 0 Å². The lowest BCUT2D eigenvalue weighted by Gasteiger charge is -2.10.